The van der Waals surface area contributed by atoms with Gasteiger partial charge in [0.25, 0.3) is 0 Å². The summed E-state index contributed by atoms with van der Waals surface area (Å²) in [5.74, 6) is 0. The van der Waals surface area contributed by atoms with Crippen LogP contribution in [0, 0.1) is 0 Å². The maximum Gasteiger partial charge on any atom is 0.129 e. The zero-order valence-electron chi connectivity index (χ0n) is 7.79. The molecule has 0 fully saturated rings. The number of nitrogens with zero attached hydrogens (tertiary/aromatic N) is 2. The van der Waals surface area contributed by atoms with E-state index in [1.54, 1.807) is 6.07 Å². The van der Waals surface area contributed by atoms with Crippen molar-refractivity contribution >= 4 is 22.6 Å². The molecule has 0 aliphatic rings. The Balaban J connectivity index is 2.52. The Bertz CT molecular complexity index is 456. The molecule has 2 heterocycles. The highest BCUT2D eigenvalue weighted by molar-refractivity contribution is 6.29. The number of hydrogen-bond donors (Lipinski definition) is 1. The molecule has 2 aromatic rings. The molecule has 4 heteroatoms. The van der Waals surface area contributed by atoms with Crippen LogP contribution in [-0.2, 0) is 6.54 Å². The zero-order chi connectivity index (χ0) is 9.97. The van der Waals surface area contributed by atoms with Gasteiger partial charge in [-0.05, 0) is 30.8 Å². The van der Waals surface area contributed by atoms with Gasteiger partial charge in [-0.2, -0.15) is 0 Å². The Labute approximate surface area is 87.1 Å². The van der Waals surface area contributed by atoms with Gasteiger partial charge in [0, 0.05) is 12.7 Å². The van der Waals surface area contributed by atoms with Gasteiger partial charge in [-0.25, -0.2) is 4.98 Å². The van der Waals surface area contributed by atoms with E-state index in [4.69, 9.17) is 11.6 Å². The van der Waals surface area contributed by atoms with Crippen LogP contribution in [0.3, 0.4) is 0 Å². The molecular formula is C10H10ClN3. The standard InChI is InChI=1S/C10H10ClN3/c1-12-5-7-4-9-8(13-6-7)2-3-10(11)14-9/h2-4,6,12H,5H2,1H3. The van der Waals surface area contributed by atoms with Gasteiger partial charge in [-0.1, -0.05) is 11.6 Å². The minimum Gasteiger partial charge on any atom is -0.316 e. The van der Waals surface area contributed by atoms with E-state index in [0.717, 1.165) is 23.1 Å². The molecule has 0 radical (unpaired) electrons. The Morgan fingerprint density at radius 3 is 3.00 bits per heavy atom. The van der Waals surface area contributed by atoms with E-state index in [-0.39, 0.29) is 0 Å². The van der Waals surface area contributed by atoms with Crippen LogP contribution < -0.4 is 5.32 Å². The van der Waals surface area contributed by atoms with Crippen LogP contribution in [0.25, 0.3) is 11.0 Å². The van der Waals surface area contributed by atoms with Crippen molar-refractivity contribution in [2.75, 3.05) is 7.05 Å². The molecule has 2 rings (SSSR count). The third-order valence-electron chi connectivity index (χ3n) is 1.94. The minimum atomic E-state index is 0.501. The molecule has 0 unspecified atom stereocenters. The average molecular weight is 208 g/mol. The zero-order valence-corrected chi connectivity index (χ0v) is 8.54. The molecule has 1 N–H and O–H groups in total. The first kappa shape index (κ1) is 9.37. The summed E-state index contributed by atoms with van der Waals surface area (Å²) in [5.41, 5.74) is 2.81. The largest absolute Gasteiger partial charge is 0.316 e. The van der Waals surface area contributed by atoms with E-state index in [0.29, 0.717) is 5.15 Å². The second-order valence-corrected chi connectivity index (χ2v) is 3.43. The van der Waals surface area contributed by atoms with Crippen molar-refractivity contribution in [3.8, 4) is 0 Å². The Kier molecular flexibility index (Phi) is 2.61. The number of aromatic nitrogens is 2. The molecular weight excluding hydrogens is 198 g/mol. The molecule has 0 aromatic carbocycles. The second kappa shape index (κ2) is 3.90. The van der Waals surface area contributed by atoms with Gasteiger partial charge in [0.1, 0.15) is 5.15 Å². The fourth-order valence-electron chi connectivity index (χ4n) is 1.32. The fourth-order valence-corrected chi connectivity index (χ4v) is 1.48. The van der Waals surface area contributed by atoms with Crippen molar-refractivity contribution in [1.82, 2.24) is 15.3 Å². The number of rotatable bonds is 2. The van der Waals surface area contributed by atoms with Gasteiger partial charge < -0.3 is 5.32 Å². The summed E-state index contributed by atoms with van der Waals surface area (Å²) in [6.45, 7) is 0.789. The van der Waals surface area contributed by atoms with Crippen molar-refractivity contribution < 1.29 is 0 Å². The quantitative estimate of drug-likeness (QED) is 0.766. The van der Waals surface area contributed by atoms with Gasteiger partial charge in [-0.3, -0.25) is 4.98 Å². The number of halogens is 1. The first-order chi connectivity index (χ1) is 6.79. The lowest BCUT2D eigenvalue weighted by Crippen LogP contribution is -2.05. The average Bonchev–Trinajstić information content (AvgIpc) is 2.17. The fraction of sp³-hybridized carbons (Fsp3) is 0.200. The van der Waals surface area contributed by atoms with Crippen molar-refractivity contribution in [2.45, 2.75) is 6.54 Å². The highest BCUT2D eigenvalue weighted by atomic mass is 35.5. The van der Waals surface area contributed by atoms with E-state index in [2.05, 4.69) is 15.3 Å². The highest BCUT2D eigenvalue weighted by Gasteiger charge is 1.99. The molecule has 3 nitrogen and oxygen atoms in total. The summed E-state index contributed by atoms with van der Waals surface area (Å²) in [6, 6.07) is 5.60. The summed E-state index contributed by atoms with van der Waals surface area (Å²) < 4.78 is 0. The molecule has 0 saturated heterocycles. The maximum atomic E-state index is 5.79. The Morgan fingerprint density at radius 2 is 2.21 bits per heavy atom. The van der Waals surface area contributed by atoms with Crippen LogP contribution >= 0.6 is 11.6 Å². The molecule has 0 aliphatic heterocycles. The van der Waals surface area contributed by atoms with Crippen molar-refractivity contribution in [1.29, 1.82) is 0 Å². The lowest BCUT2D eigenvalue weighted by atomic mass is 10.2. The number of pyridine rings is 2. The molecule has 14 heavy (non-hydrogen) atoms. The Morgan fingerprint density at radius 1 is 1.36 bits per heavy atom. The van der Waals surface area contributed by atoms with Crippen LogP contribution in [0.1, 0.15) is 5.56 Å². The molecule has 0 spiro atoms. The van der Waals surface area contributed by atoms with Crippen molar-refractivity contribution in [2.24, 2.45) is 0 Å². The van der Waals surface area contributed by atoms with Crippen LogP contribution in [0.15, 0.2) is 24.4 Å². The summed E-state index contributed by atoms with van der Waals surface area (Å²) >= 11 is 5.79. The summed E-state index contributed by atoms with van der Waals surface area (Å²) in [7, 11) is 1.90. The molecule has 0 bridgehead atoms. The Hall–Kier alpha value is -1.19. The summed E-state index contributed by atoms with van der Waals surface area (Å²) in [5, 5.41) is 3.56. The number of nitrogens with one attached hydrogen (secondary N) is 1. The maximum absolute atomic E-state index is 5.79. The number of hydrogen-bond acceptors (Lipinski definition) is 3. The second-order valence-electron chi connectivity index (χ2n) is 3.05. The van der Waals surface area contributed by atoms with E-state index in [9.17, 15) is 0 Å². The van der Waals surface area contributed by atoms with Gasteiger partial charge in [0.05, 0.1) is 11.0 Å². The normalized spacial score (nSPS) is 10.7. The van der Waals surface area contributed by atoms with Crippen molar-refractivity contribution in [3.63, 3.8) is 0 Å². The lowest BCUT2D eigenvalue weighted by molar-refractivity contribution is 0.815. The predicted octanol–water partition coefficient (Wildman–Crippen LogP) is 2.00. The van der Waals surface area contributed by atoms with Crippen LogP contribution in [0.5, 0.6) is 0 Å². The third kappa shape index (κ3) is 1.84. The molecule has 0 atom stereocenters. The van der Waals surface area contributed by atoms with E-state index >= 15 is 0 Å². The highest BCUT2D eigenvalue weighted by Crippen LogP contribution is 2.14. The van der Waals surface area contributed by atoms with Crippen LogP contribution in [-0.4, -0.2) is 17.0 Å². The minimum absolute atomic E-state index is 0.501. The molecule has 2 aromatic heterocycles. The topological polar surface area (TPSA) is 37.8 Å². The first-order valence-electron chi connectivity index (χ1n) is 4.35. The molecule has 0 amide bonds. The van der Waals surface area contributed by atoms with E-state index < -0.39 is 0 Å². The predicted molar refractivity (Wildman–Crippen MR) is 57.3 cm³/mol. The molecule has 0 saturated carbocycles. The van der Waals surface area contributed by atoms with Crippen molar-refractivity contribution in [3.05, 3.63) is 35.1 Å². The van der Waals surface area contributed by atoms with Gasteiger partial charge in [-0.15, -0.1) is 0 Å². The molecule has 72 valence electrons. The first-order valence-corrected chi connectivity index (χ1v) is 4.73. The third-order valence-corrected chi connectivity index (χ3v) is 2.15. The van der Waals surface area contributed by atoms with Crippen LogP contribution in [0.4, 0.5) is 0 Å². The lowest BCUT2D eigenvalue weighted by Gasteiger charge is -2.01. The smallest absolute Gasteiger partial charge is 0.129 e. The monoisotopic (exact) mass is 207 g/mol. The van der Waals surface area contributed by atoms with Gasteiger partial charge in [0.15, 0.2) is 0 Å². The molecule has 0 aliphatic carbocycles. The summed E-state index contributed by atoms with van der Waals surface area (Å²) in [6.07, 6.45) is 1.84. The van der Waals surface area contributed by atoms with Gasteiger partial charge >= 0.3 is 0 Å². The van der Waals surface area contributed by atoms with Crippen LogP contribution in [0.2, 0.25) is 5.15 Å². The number of fused-ring (bicyclic) bond motifs is 1. The van der Waals surface area contributed by atoms with Gasteiger partial charge in [0.2, 0.25) is 0 Å². The van der Waals surface area contributed by atoms with E-state index in [1.165, 1.54) is 0 Å². The SMILES string of the molecule is CNCc1cnc2ccc(Cl)nc2c1. The summed E-state index contributed by atoms with van der Waals surface area (Å²) in [4.78, 5) is 8.47. The van der Waals surface area contributed by atoms with E-state index in [1.807, 2.05) is 25.4 Å².